The molecule has 0 aliphatic carbocycles. The van der Waals surface area contributed by atoms with Gasteiger partial charge in [0, 0.05) is 35.6 Å². The fourth-order valence-electron chi connectivity index (χ4n) is 2.98. The van der Waals surface area contributed by atoms with Crippen molar-refractivity contribution in [3.05, 3.63) is 84.9 Å². The molecule has 2 amide bonds. The number of hydrogen-bond donors (Lipinski definition) is 1. The summed E-state index contributed by atoms with van der Waals surface area (Å²) in [6, 6.07) is 16.9. The summed E-state index contributed by atoms with van der Waals surface area (Å²) in [5.74, 6) is 0. The van der Waals surface area contributed by atoms with Gasteiger partial charge in [-0.05, 0) is 35.9 Å². The van der Waals surface area contributed by atoms with Gasteiger partial charge < -0.3 is 5.73 Å². The molecule has 0 unspecified atom stereocenters. The minimum Gasteiger partial charge on any atom is -0.351 e. The van der Waals surface area contributed by atoms with Crippen LogP contribution in [0.25, 0.3) is 16.5 Å². The van der Waals surface area contributed by atoms with Crippen LogP contribution >= 0.6 is 0 Å². The molecule has 0 aliphatic heterocycles. The van der Waals surface area contributed by atoms with Crippen LogP contribution in [-0.2, 0) is 6.54 Å². The first-order valence-electron chi connectivity index (χ1n) is 8.21. The van der Waals surface area contributed by atoms with E-state index in [2.05, 4.69) is 10.1 Å². The van der Waals surface area contributed by atoms with Crippen molar-refractivity contribution in [1.29, 1.82) is 0 Å². The zero-order valence-corrected chi connectivity index (χ0v) is 14.0. The number of fused-ring (bicyclic) bond motifs is 1. The van der Waals surface area contributed by atoms with Crippen molar-refractivity contribution in [2.45, 2.75) is 6.54 Å². The largest absolute Gasteiger partial charge is 0.351 e. The second kappa shape index (κ2) is 6.68. The van der Waals surface area contributed by atoms with Gasteiger partial charge in [-0.3, -0.25) is 9.88 Å². The molecule has 0 aliphatic rings. The highest BCUT2D eigenvalue weighted by Gasteiger charge is 2.16. The molecule has 6 heteroatoms. The molecule has 2 aromatic heterocycles. The molecule has 2 heterocycles. The minimum atomic E-state index is -0.495. The van der Waals surface area contributed by atoms with Gasteiger partial charge in [0.05, 0.1) is 17.9 Å². The third-order valence-corrected chi connectivity index (χ3v) is 4.26. The maximum absolute atomic E-state index is 12.1. The molecule has 2 aromatic carbocycles. The molecule has 0 radical (unpaired) electrons. The Balaban J connectivity index is 1.66. The van der Waals surface area contributed by atoms with Crippen LogP contribution in [0.5, 0.6) is 0 Å². The first-order valence-corrected chi connectivity index (χ1v) is 8.21. The summed E-state index contributed by atoms with van der Waals surface area (Å²) in [7, 11) is 0. The van der Waals surface area contributed by atoms with Gasteiger partial charge in [0.1, 0.15) is 0 Å². The van der Waals surface area contributed by atoms with E-state index in [9.17, 15) is 4.79 Å². The van der Waals surface area contributed by atoms with Crippen LogP contribution in [0.15, 0.2) is 79.4 Å². The number of benzene rings is 2. The number of carbonyl (C=O) groups excluding carboxylic acids is 1. The quantitative estimate of drug-likeness (QED) is 0.616. The van der Waals surface area contributed by atoms with Gasteiger partial charge in [0.25, 0.3) is 0 Å². The first-order chi connectivity index (χ1) is 12.7. The summed E-state index contributed by atoms with van der Waals surface area (Å²) in [5.41, 5.74) is 8.38. The summed E-state index contributed by atoms with van der Waals surface area (Å²) in [6.45, 7) is 0.385. The lowest BCUT2D eigenvalue weighted by Crippen LogP contribution is -2.35. The van der Waals surface area contributed by atoms with Gasteiger partial charge in [-0.1, -0.05) is 24.3 Å². The van der Waals surface area contributed by atoms with Crippen molar-refractivity contribution in [3.63, 3.8) is 0 Å². The Labute approximate surface area is 150 Å². The predicted molar refractivity (Wildman–Crippen MR) is 101 cm³/mol. The lowest BCUT2D eigenvalue weighted by Gasteiger charge is -2.22. The van der Waals surface area contributed by atoms with Crippen molar-refractivity contribution >= 4 is 22.5 Å². The first kappa shape index (κ1) is 15.8. The second-order valence-electron chi connectivity index (χ2n) is 5.92. The van der Waals surface area contributed by atoms with Crippen molar-refractivity contribution < 1.29 is 4.79 Å². The van der Waals surface area contributed by atoms with Crippen LogP contribution < -0.4 is 10.6 Å². The number of rotatable bonds is 4. The molecule has 0 spiro atoms. The highest BCUT2D eigenvalue weighted by atomic mass is 16.2. The molecule has 0 fully saturated rings. The third-order valence-electron chi connectivity index (χ3n) is 4.26. The Morgan fingerprint density at radius 2 is 1.88 bits per heavy atom. The number of nitrogens with zero attached hydrogens (tertiary/aromatic N) is 4. The second-order valence-corrected chi connectivity index (χ2v) is 5.92. The standard InChI is InChI=1S/C20H17N5O/c21-20(26)24(19-4-1-3-16-13-22-11-9-18(16)19)14-15-5-7-17(8-6-15)25-12-2-10-23-25/h1-13H,14H2,(H2,21,26). The van der Waals surface area contributed by atoms with Gasteiger partial charge in [-0.15, -0.1) is 0 Å². The van der Waals surface area contributed by atoms with E-state index in [4.69, 9.17) is 5.73 Å². The van der Waals surface area contributed by atoms with Gasteiger partial charge in [0.15, 0.2) is 0 Å². The molecule has 0 atom stereocenters. The number of nitrogens with two attached hydrogens (primary N) is 1. The molecule has 0 bridgehead atoms. The smallest absolute Gasteiger partial charge is 0.319 e. The van der Waals surface area contributed by atoms with E-state index >= 15 is 0 Å². The topological polar surface area (TPSA) is 77.0 Å². The van der Waals surface area contributed by atoms with E-state index in [1.807, 2.05) is 60.8 Å². The maximum atomic E-state index is 12.1. The summed E-state index contributed by atoms with van der Waals surface area (Å²) in [6.07, 6.45) is 7.10. The number of amides is 2. The SMILES string of the molecule is NC(=O)N(Cc1ccc(-n2cccn2)cc1)c1cccc2cnccc12. The van der Waals surface area contributed by atoms with Crippen molar-refractivity contribution in [2.24, 2.45) is 5.73 Å². The fraction of sp³-hybridized carbons (Fsp3) is 0.0500. The molecule has 0 saturated heterocycles. The van der Waals surface area contributed by atoms with E-state index in [0.29, 0.717) is 6.54 Å². The molecule has 128 valence electrons. The number of hydrogen-bond acceptors (Lipinski definition) is 3. The fourth-order valence-corrected chi connectivity index (χ4v) is 2.98. The maximum Gasteiger partial charge on any atom is 0.319 e. The zero-order chi connectivity index (χ0) is 17.9. The minimum absolute atomic E-state index is 0.385. The van der Waals surface area contributed by atoms with E-state index in [1.165, 1.54) is 0 Å². The molecule has 4 rings (SSSR count). The van der Waals surface area contributed by atoms with Gasteiger partial charge in [0.2, 0.25) is 0 Å². The number of primary amides is 1. The van der Waals surface area contributed by atoms with Gasteiger partial charge >= 0.3 is 6.03 Å². The van der Waals surface area contributed by atoms with E-state index < -0.39 is 6.03 Å². The average molecular weight is 343 g/mol. The Hall–Kier alpha value is -3.67. The third kappa shape index (κ3) is 3.00. The zero-order valence-electron chi connectivity index (χ0n) is 14.0. The van der Waals surface area contributed by atoms with Gasteiger partial charge in [-0.25, -0.2) is 9.48 Å². The normalized spacial score (nSPS) is 10.8. The summed E-state index contributed by atoms with van der Waals surface area (Å²) in [5, 5.41) is 6.12. The number of carbonyl (C=O) groups is 1. The van der Waals surface area contributed by atoms with Crippen LogP contribution in [0.1, 0.15) is 5.56 Å². The van der Waals surface area contributed by atoms with E-state index in [0.717, 1.165) is 27.7 Å². The number of aromatic nitrogens is 3. The number of urea groups is 1. The molecule has 6 nitrogen and oxygen atoms in total. The highest BCUT2D eigenvalue weighted by Crippen LogP contribution is 2.27. The van der Waals surface area contributed by atoms with E-state index in [-0.39, 0.29) is 0 Å². The van der Waals surface area contributed by atoms with Crippen LogP contribution in [0.3, 0.4) is 0 Å². The Morgan fingerprint density at radius 1 is 1.04 bits per heavy atom. The molecule has 4 aromatic rings. The van der Waals surface area contributed by atoms with Crippen molar-refractivity contribution in [3.8, 4) is 5.69 Å². The van der Waals surface area contributed by atoms with Crippen LogP contribution in [0.4, 0.5) is 10.5 Å². The molecule has 0 saturated carbocycles. The summed E-state index contributed by atoms with van der Waals surface area (Å²) >= 11 is 0. The molecular formula is C20H17N5O. The van der Waals surface area contributed by atoms with Crippen LogP contribution in [-0.4, -0.2) is 20.8 Å². The Kier molecular flexibility index (Phi) is 4.07. The average Bonchev–Trinajstić information content (AvgIpc) is 3.21. The lowest BCUT2D eigenvalue weighted by atomic mass is 10.1. The highest BCUT2D eigenvalue weighted by molar-refractivity contribution is 6.02. The number of pyridine rings is 1. The molecule has 2 N–H and O–H groups in total. The van der Waals surface area contributed by atoms with Crippen molar-refractivity contribution in [1.82, 2.24) is 14.8 Å². The Morgan fingerprint density at radius 3 is 2.62 bits per heavy atom. The van der Waals surface area contributed by atoms with Gasteiger partial charge in [-0.2, -0.15) is 5.10 Å². The molecular weight excluding hydrogens is 326 g/mol. The predicted octanol–water partition coefficient (Wildman–Crippen LogP) is 3.51. The monoisotopic (exact) mass is 343 g/mol. The molecule has 26 heavy (non-hydrogen) atoms. The summed E-state index contributed by atoms with van der Waals surface area (Å²) in [4.78, 5) is 17.8. The van der Waals surface area contributed by atoms with Crippen LogP contribution in [0.2, 0.25) is 0 Å². The lowest BCUT2D eigenvalue weighted by molar-refractivity contribution is 0.253. The van der Waals surface area contributed by atoms with E-state index in [1.54, 1.807) is 28.2 Å². The Bertz CT molecular complexity index is 1040. The van der Waals surface area contributed by atoms with Crippen LogP contribution in [0, 0.1) is 0 Å². The summed E-state index contributed by atoms with van der Waals surface area (Å²) < 4.78 is 1.79. The number of anilines is 1. The van der Waals surface area contributed by atoms with Crippen molar-refractivity contribution in [2.75, 3.05) is 4.90 Å².